The summed E-state index contributed by atoms with van der Waals surface area (Å²) >= 11 is 4.96. The van der Waals surface area contributed by atoms with E-state index in [1.54, 1.807) is 6.07 Å². The van der Waals surface area contributed by atoms with Crippen LogP contribution in [-0.4, -0.2) is 15.0 Å². The molecule has 0 radical (unpaired) electrons. The Bertz CT molecular complexity index is 638. The molecule has 0 bridgehead atoms. The lowest BCUT2D eigenvalue weighted by Crippen LogP contribution is -2.13. The summed E-state index contributed by atoms with van der Waals surface area (Å²) in [7, 11) is 0. The number of anilines is 2. The molecule has 1 aromatic carbocycles. The number of hydrogen-bond acceptors (Lipinski definition) is 4. The Morgan fingerprint density at radius 1 is 1.25 bits per heavy atom. The Morgan fingerprint density at radius 3 is 2.65 bits per heavy atom. The summed E-state index contributed by atoms with van der Waals surface area (Å²) in [5.41, 5.74) is 9.24. The Morgan fingerprint density at radius 2 is 2.00 bits per heavy atom. The van der Waals surface area contributed by atoms with Gasteiger partial charge in [-0.1, -0.05) is 38.2 Å². The van der Waals surface area contributed by atoms with Gasteiger partial charge in [-0.25, -0.2) is 9.97 Å². The third-order valence-corrected chi connectivity index (χ3v) is 3.13. The summed E-state index contributed by atoms with van der Waals surface area (Å²) in [6, 6.07) is 9.97. The highest BCUT2D eigenvalue weighted by Gasteiger charge is 2.06. The zero-order valence-corrected chi connectivity index (χ0v) is 12.7. The van der Waals surface area contributed by atoms with Gasteiger partial charge in [0.1, 0.15) is 10.7 Å². The summed E-state index contributed by atoms with van der Waals surface area (Å²) in [5.74, 6) is 0.982. The highest BCUT2D eigenvalue weighted by Crippen LogP contribution is 2.20. The Labute approximate surface area is 124 Å². The molecule has 0 aliphatic heterocycles. The molecular formula is C15H18N4S. The molecule has 2 aromatic rings. The number of aryl methyl sites for hydroxylation is 1. The molecular weight excluding hydrogens is 268 g/mol. The second kappa shape index (κ2) is 5.96. The van der Waals surface area contributed by atoms with E-state index >= 15 is 0 Å². The molecule has 3 N–H and O–H groups in total. The molecule has 2 rings (SSSR count). The highest BCUT2D eigenvalue weighted by atomic mass is 32.1. The first kappa shape index (κ1) is 14.4. The molecule has 0 amide bonds. The van der Waals surface area contributed by atoms with E-state index in [1.165, 1.54) is 5.56 Å². The number of benzene rings is 1. The number of hydrogen-bond donors (Lipinski definition) is 2. The van der Waals surface area contributed by atoms with E-state index < -0.39 is 0 Å². The number of nitrogens with two attached hydrogens (primary N) is 1. The fourth-order valence-electron chi connectivity index (χ4n) is 1.86. The van der Waals surface area contributed by atoms with E-state index in [0.717, 1.165) is 11.4 Å². The first-order chi connectivity index (χ1) is 9.45. The van der Waals surface area contributed by atoms with Crippen molar-refractivity contribution in [3.63, 3.8) is 0 Å². The third-order valence-electron chi connectivity index (χ3n) is 2.92. The molecule has 5 heteroatoms. The minimum absolute atomic E-state index is 0.273. The normalized spacial score (nSPS) is 10.6. The largest absolute Gasteiger partial charge is 0.388 e. The van der Waals surface area contributed by atoms with Gasteiger partial charge in [0.15, 0.2) is 0 Å². The van der Waals surface area contributed by atoms with Gasteiger partial charge >= 0.3 is 0 Å². The summed E-state index contributed by atoms with van der Waals surface area (Å²) in [5, 5.41) is 3.20. The summed E-state index contributed by atoms with van der Waals surface area (Å²) in [4.78, 5) is 8.94. The molecule has 104 valence electrons. The minimum Gasteiger partial charge on any atom is -0.388 e. The van der Waals surface area contributed by atoms with Crippen LogP contribution in [0.25, 0.3) is 0 Å². The van der Waals surface area contributed by atoms with Gasteiger partial charge in [-0.2, -0.15) is 0 Å². The van der Waals surface area contributed by atoms with Gasteiger partial charge in [0, 0.05) is 11.4 Å². The maximum absolute atomic E-state index is 5.62. The molecule has 0 saturated heterocycles. The average molecular weight is 286 g/mol. The monoisotopic (exact) mass is 286 g/mol. The van der Waals surface area contributed by atoms with Crippen LogP contribution in [0, 0.1) is 6.92 Å². The van der Waals surface area contributed by atoms with Crippen molar-refractivity contribution in [2.24, 2.45) is 5.73 Å². The van der Waals surface area contributed by atoms with Crippen molar-refractivity contribution in [3.8, 4) is 0 Å². The number of nitrogens with one attached hydrogen (secondary N) is 1. The van der Waals surface area contributed by atoms with E-state index in [1.807, 2.05) is 19.1 Å². The third kappa shape index (κ3) is 3.51. The molecule has 0 unspecified atom stereocenters. The van der Waals surface area contributed by atoms with Gasteiger partial charge < -0.3 is 11.1 Å². The number of rotatable bonds is 4. The summed E-state index contributed by atoms with van der Waals surface area (Å²) < 4.78 is 0. The van der Waals surface area contributed by atoms with E-state index in [2.05, 4.69) is 41.3 Å². The van der Waals surface area contributed by atoms with Crippen LogP contribution in [0.2, 0.25) is 0 Å². The Balaban J connectivity index is 2.30. The zero-order chi connectivity index (χ0) is 14.7. The molecule has 1 heterocycles. The maximum atomic E-state index is 5.62. The van der Waals surface area contributed by atoms with Crippen LogP contribution in [0.4, 0.5) is 11.6 Å². The van der Waals surface area contributed by atoms with E-state index in [-0.39, 0.29) is 4.99 Å². The van der Waals surface area contributed by atoms with Gasteiger partial charge in [0.2, 0.25) is 5.95 Å². The molecule has 0 aliphatic carbocycles. The molecule has 0 fully saturated rings. The van der Waals surface area contributed by atoms with Crippen LogP contribution in [0.5, 0.6) is 0 Å². The highest BCUT2D eigenvalue weighted by molar-refractivity contribution is 7.80. The molecule has 1 aromatic heterocycles. The summed E-state index contributed by atoms with van der Waals surface area (Å²) in [6.45, 7) is 6.21. The lowest BCUT2D eigenvalue weighted by molar-refractivity contribution is 0.867. The van der Waals surface area contributed by atoms with Crippen molar-refractivity contribution >= 4 is 28.8 Å². The van der Waals surface area contributed by atoms with Crippen LogP contribution >= 0.6 is 12.2 Å². The number of aromatic nitrogens is 2. The smallest absolute Gasteiger partial charge is 0.228 e. The zero-order valence-electron chi connectivity index (χ0n) is 11.8. The van der Waals surface area contributed by atoms with Crippen molar-refractivity contribution in [2.75, 3.05) is 5.32 Å². The van der Waals surface area contributed by atoms with Crippen LogP contribution in [0.1, 0.15) is 36.7 Å². The maximum Gasteiger partial charge on any atom is 0.228 e. The molecule has 0 spiro atoms. The first-order valence-corrected chi connectivity index (χ1v) is 6.89. The molecule has 0 saturated carbocycles. The van der Waals surface area contributed by atoms with E-state index in [9.17, 15) is 0 Å². The Kier molecular flexibility index (Phi) is 4.29. The van der Waals surface area contributed by atoms with Crippen LogP contribution in [0.3, 0.4) is 0 Å². The van der Waals surface area contributed by atoms with Gasteiger partial charge in [-0.15, -0.1) is 0 Å². The van der Waals surface area contributed by atoms with Crippen molar-refractivity contribution < 1.29 is 0 Å². The first-order valence-electron chi connectivity index (χ1n) is 6.48. The molecule has 4 nitrogen and oxygen atoms in total. The fraction of sp³-hybridized carbons (Fsp3) is 0.267. The summed E-state index contributed by atoms with van der Waals surface area (Å²) in [6.07, 6.45) is 0. The average Bonchev–Trinajstić information content (AvgIpc) is 2.38. The number of nitrogens with zero attached hydrogens (tertiary/aromatic N) is 2. The van der Waals surface area contributed by atoms with Crippen LogP contribution in [0.15, 0.2) is 30.3 Å². The van der Waals surface area contributed by atoms with Gasteiger partial charge in [-0.3, -0.25) is 0 Å². The second-order valence-electron chi connectivity index (χ2n) is 4.99. The lowest BCUT2D eigenvalue weighted by atomic mass is 10.0. The van der Waals surface area contributed by atoms with Crippen LogP contribution in [-0.2, 0) is 0 Å². The van der Waals surface area contributed by atoms with Gasteiger partial charge in [-0.05, 0) is 36.6 Å². The lowest BCUT2D eigenvalue weighted by Gasteiger charge is -2.10. The van der Waals surface area contributed by atoms with Crippen molar-refractivity contribution in [1.29, 1.82) is 0 Å². The van der Waals surface area contributed by atoms with Crippen LogP contribution < -0.4 is 11.1 Å². The fourth-order valence-corrected chi connectivity index (χ4v) is 1.96. The van der Waals surface area contributed by atoms with Crippen molar-refractivity contribution in [1.82, 2.24) is 9.97 Å². The van der Waals surface area contributed by atoms with E-state index in [4.69, 9.17) is 18.0 Å². The van der Waals surface area contributed by atoms with Crippen molar-refractivity contribution in [2.45, 2.75) is 26.7 Å². The standard InChI is InChI=1S/C15H18N4S/c1-9(2)11-5-4-6-12(8-11)18-15-17-10(3)7-13(19-15)14(16)20/h4-9H,1-3H3,(H2,16,20)(H,17,18,19). The van der Waals surface area contributed by atoms with E-state index in [0.29, 0.717) is 17.6 Å². The SMILES string of the molecule is Cc1cc(C(N)=S)nc(Nc2cccc(C(C)C)c2)n1. The molecule has 20 heavy (non-hydrogen) atoms. The number of thiocarbonyl (C=S) groups is 1. The van der Waals surface area contributed by atoms with Gasteiger partial charge in [0.05, 0.1) is 0 Å². The van der Waals surface area contributed by atoms with Crippen molar-refractivity contribution in [3.05, 3.63) is 47.3 Å². The quantitative estimate of drug-likeness (QED) is 0.844. The Hall–Kier alpha value is -2.01. The minimum atomic E-state index is 0.273. The van der Waals surface area contributed by atoms with Gasteiger partial charge in [0.25, 0.3) is 0 Å². The predicted molar refractivity (Wildman–Crippen MR) is 86.5 cm³/mol. The topological polar surface area (TPSA) is 63.8 Å². The molecule has 0 aliphatic rings. The predicted octanol–water partition coefficient (Wildman–Crippen LogP) is 3.29. The second-order valence-corrected chi connectivity index (χ2v) is 5.43. The molecule has 0 atom stereocenters.